The minimum absolute atomic E-state index is 0.0711. The molecule has 1 atom stereocenters. The molecule has 1 saturated heterocycles. The Morgan fingerprint density at radius 1 is 1.30 bits per heavy atom. The van der Waals surface area contributed by atoms with Crippen LogP contribution in [0.25, 0.3) is 0 Å². The summed E-state index contributed by atoms with van der Waals surface area (Å²) in [6.45, 7) is 1.60. The number of para-hydroxylation sites is 1. The number of carboxylic acids is 1. The molecule has 5 nitrogen and oxygen atoms in total. The third-order valence-corrected chi connectivity index (χ3v) is 4.30. The number of carbonyl (C=O) groups excluding carboxylic acids is 1. The molecule has 0 radical (unpaired) electrons. The zero-order chi connectivity index (χ0) is 14.1. The van der Waals surface area contributed by atoms with Gasteiger partial charge in [0.2, 0.25) is 5.91 Å². The number of nitrogens with zero attached hydrogens (tertiary/aromatic N) is 1. The Hall–Kier alpha value is -1.88. The van der Waals surface area contributed by atoms with Crippen molar-refractivity contribution in [3.05, 3.63) is 29.8 Å². The number of carboxylic acid groups (broad SMARTS) is 1. The average Bonchev–Trinajstić information content (AvgIpc) is 2.75. The van der Waals surface area contributed by atoms with Gasteiger partial charge < -0.3 is 10.4 Å². The predicted molar refractivity (Wildman–Crippen MR) is 74.6 cm³/mol. The van der Waals surface area contributed by atoms with Crippen molar-refractivity contribution in [1.82, 2.24) is 4.90 Å². The number of nitrogens with one attached hydrogen (secondary N) is 1. The Balaban J connectivity index is 1.69. The zero-order valence-electron chi connectivity index (χ0n) is 11.2. The molecule has 0 aromatic heterocycles. The van der Waals surface area contributed by atoms with Gasteiger partial charge in [0.05, 0.1) is 12.5 Å². The largest absolute Gasteiger partial charge is 0.480 e. The fourth-order valence-electron chi connectivity index (χ4n) is 3.34. The molecular formula is C15H18N2O3. The average molecular weight is 274 g/mol. The summed E-state index contributed by atoms with van der Waals surface area (Å²) < 4.78 is 0. The number of rotatable bonds is 3. The number of carbonyl (C=O) groups is 2. The zero-order valence-corrected chi connectivity index (χ0v) is 11.2. The fraction of sp³-hybridized carbons (Fsp3) is 0.467. The second-order valence-corrected chi connectivity index (χ2v) is 5.56. The topological polar surface area (TPSA) is 69.6 Å². The van der Waals surface area contributed by atoms with Gasteiger partial charge in [0, 0.05) is 5.69 Å². The van der Waals surface area contributed by atoms with Crippen LogP contribution < -0.4 is 5.32 Å². The van der Waals surface area contributed by atoms with Gasteiger partial charge in [-0.25, -0.2) is 0 Å². The first-order valence-electron chi connectivity index (χ1n) is 6.99. The SMILES string of the molecule is O=C(O)CN1CCC(C2C(=O)Nc3ccccc32)CC1. The molecule has 0 aliphatic carbocycles. The van der Waals surface area contributed by atoms with Crippen LogP contribution in [0.4, 0.5) is 5.69 Å². The minimum atomic E-state index is -0.785. The lowest BCUT2D eigenvalue weighted by Crippen LogP contribution is -2.39. The predicted octanol–water partition coefficient (Wildman–Crippen LogP) is 1.52. The Labute approximate surface area is 117 Å². The van der Waals surface area contributed by atoms with Gasteiger partial charge in [0.25, 0.3) is 0 Å². The van der Waals surface area contributed by atoms with Gasteiger partial charge in [-0.1, -0.05) is 18.2 Å². The van der Waals surface area contributed by atoms with E-state index in [-0.39, 0.29) is 18.4 Å². The van der Waals surface area contributed by atoms with Crippen molar-refractivity contribution >= 4 is 17.6 Å². The van der Waals surface area contributed by atoms with Crippen LogP contribution in [0.15, 0.2) is 24.3 Å². The number of amides is 1. The van der Waals surface area contributed by atoms with Crippen molar-refractivity contribution < 1.29 is 14.7 Å². The number of fused-ring (bicyclic) bond motifs is 1. The summed E-state index contributed by atoms with van der Waals surface area (Å²) in [5.74, 6) is -0.461. The summed E-state index contributed by atoms with van der Waals surface area (Å²) >= 11 is 0. The third-order valence-electron chi connectivity index (χ3n) is 4.30. The molecule has 1 amide bonds. The van der Waals surface area contributed by atoms with Gasteiger partial charge in [-0.05, 0) is 43.5 Å². The molecule has 5 heteroatoms. The summed E-state index contributed by atoms with van der Waals surface area (Å²) in [6, 6.07) is 7.84. The van der Waals surface area contributed by atoms with Crippen LogP contribution in [0.3, 0.4) is 0 Å². The smallest absolute Gasteiger partial charge is 0.317 e. The summed E-state index contributed by atoms with van der Waals surface area (Å²) in [5.41, 5.74) is 2.02. The molecule has 2 N–H and O–H groups in total. The minimum Gasteiger partial charge on any atom is -0.480 e. The summed E-state index contributed by atoms with van der Waals surface area (Å²) in [5, 5.41) is 11.8. The van der Waals surface area contributed by atoms with Crippen LogP contribution in [0.2, 0.25) is 0 Å². The van der Waals surface area contributed by atoms with E-state index in [2.05, 4.69) is 5.32 Å². The Bertz CT molecular complexity index is 536. The van der Waals surface area contributed by atoms with E-state index in [1.54, 1.807) is 0 Å². The highest BCUT2D eigenvalue weighted by molar-refractivity contribution is 6.03. The number of aliphatic carboxylic acids is 1. The van der Waals surface area contributed by atoms with Gasteiger partial charge in [0.1, 0.15) is 0 Å². The maximum absolute atomic E-state index is 12.2. The quantitative estimate of drug-likeness (QED) is 0.876. The number of anilines is 1. The van der Waals surface area contributed by atoms with E-state index in [1.807, 2.05) is 29.2 Å². The number of hydrogen-bond donors (Lipinski definition) is 2. The Morgan fingerprint density at radius 3 is 2.70 bits per heavy atom. The molecular weight excluding hydrogens is 256 g/mol. The molecule has 0 spiro atoms. The van der Waals surface area contributed by atoms with Crippen molar-refractivity contribution in [1.29, 1.82) is 0 Å². The summed E-state index contributed by atoms with van der Waals surface area (Å²) in [6.07, 6.45) is 1.75. The first kappa shape index (κ1) is 13.1. The number of hydrogen-bond acceptors (Lipinski definition) is 3. The van der Waals surface area contributed by atoms with Crippen molar-refractivity contribution in [2.75, 3.05) is 25.0 Å². The lowest BCUT2D eigenvalue weighted by Gasteiger charge is -2.33. The molecule has 0 saturated carbocycles. The van der Waals surface area contributed by atoms with Crippen LogP contribution in [0.1, 0.15) is 24.3 Å². The van der Waals surface area contributed by atoms with Crippen LogP contribution in [0.5, 0.6) is 0 Å². The van der Waals surface area contributed by atoms with Gasteiger partial charge in [-0.15, -0.1) is 0 Å². The van der Waals surface area contributed by atoms with Crippen LogP contribution in [0, 0.1) is 5.92 Å². The summed E-state index contributed by atoms with van der Waals surface area (Å²) in [4.78, 5) is 24.8. The second kappa shape index (κ2) is 5.25. The molecule has 1 aromatic rings. The number of likely N-dealkylation sites (tertiary alicyclic amines) is 1. The van der Waals surface area contributed by atoms with Gasteiger partial charge >= 0.3 is 5.97 Å². The van der Waals surface area contributed by atoms with E-state index >= 15 is 0 Å². The highest BCUT2D eigenvalue weighted by Gasteiger charge is 2.38. The maximum Gasteiger partial charge on any atom is 0.317 e. The number of piperidine rings is 1. The number of benzene rings is 1. The van der Waals surface area contributed by atoms with Crippen molar-refractivity contribution in [3.8, 4) is 0 Å². The molecule has 2 heterocycles. The van der Waals surface area contributed by atoms with Crippen LogP contribution in [-0.4, -0.2) is 41.5 Å². The molecule has 2 aliphatic heterocycles. The third kappa shape index (κ3) is 2.41. The van der Waals surface area contributed by atoms with Crippen LogP contribution >= 0.6 is 0 Å². The molecule has 3 rings (SSSR count). The molecule has 1 unspecified atom stereocenters. The van der Waals surface area contributed by atoms with Crippen molar-refractivity contribution in [3.63, 3.8) is 0 Å². The molecule has 1 aromatic carbocycles. The van der Waals surface area contributed by atoms with E-state index < -0.39 is 5.97 Å². The second-order valence-electron chi connectivity index (χ2n) is 5.56. The summed E-state index contributed by atoms with van der Waals surface area (Å²) in [7, 11) is 0. The molecule has 106 valence electrons. The maximum atomic E-state index is 12.2. The normalized spacial score (nSPS) is 23.4. The van der Waals surface area contributed by atoms with E-state index in [4.69, 9.17) is 5.11 Å². The molecule has 1 fully saturated rings. The van der Waals surface area contributed by atoms with E-state index in [0.29, 0.717) is 5.92 Å². The van der Waals surface area contributed by atoms with Gasteiger partial charge in [0.15, 0.2) is 0 Å². The Kier molecular flexibility index (Phi) is 3.44. The first-order valence-corrected chi connectivity index (χ1v) is 6.99. The standard InChI is InChI=1S/C15H18N2O3/c18-13(19)9-17-7-5-10(6-8-17)14-11-3-1-2-4-12(11)16-15(14)20/h1-4,10,14H,5-9H2,(H,16,20)(H,18,19). The van der Waals surface area contributed by atoms with E-state index in [1.165, 1.54) is 0 Å². The van der Waals surface area contributed by atoms with Crippen LogP contribution in [-0.2, 0) is 9.59 Å². The van der Waals surface area contributed by atoms with Crippen molar-refractivity contribution in [2.45, 2.75) is 18.8 Å². The van der Waals surface area contributed by atoms with E-state index in [9.17, 15) is 9.59 Å². The van der Waals surface area contributed by atoms with E-state index in [0.717, 1.165) is 37.2 Å². The Morgan fingerprint density at radius 2 is 2.00 bits per heavy atom. The highest BCUT2D eigenvalue weighted by Crippen LogP contribution is 2.41. The molecule has 0 bridgehead atoms. The first-order chi connectivity index (χ1) is 9.65. The lowest BCUT2D eigenvalue weighted by atomic mass is 9.81. The lowest BCUT2D eigenvalue weighted by molar-refractivity contribution is -0.138. The monoisotopic (exact) mass is 274 g/mol. The molecule has 20 heavy (non-hydrogen) atoms. The molecule has 2 aliphatic rings. The van der Waals surface area contributed by atoms with Crippen molar-refractivity contribution in [2.24, 2.45) is 5.92 Å². The highest BCUT2D eigenvalue weighted by atomic mass is 16.4. The van der Waals surface area contributed by atoms with Gasteiger partial charge in [-0.2, -0.15) is 0 Å². The van der Waals surface area contributed by atoms with Gasteiger partial charge in [-0.3, -0.25) is 14.5 Å². The fourth-order valence-corrected chi connectivity index (χ4v) is 3.34.